The van der Waals surface area contributed by atoms with Gasteiger partial charge in [-0.2, -0.15) is 0 Å². The van der Waals surface area contributed by atoms with E-state index in [0.717, 1.165) is 66.8 Å². The Morgan fingerprint density at radius 1 is 0.278 bits per heavy atom. The fourth-order valence-corrected chi connectivity index (χ4v) is 11.9. The van der Waals surface area contributed by atoms with Gasteiger partial charge in [0, 0.05) is 53.3 Å². The first-order valence-corrected chi connectivity index (χ1v) is 25.2. The second-order valence-corrected chi connectivity index (χ2v) is 19.4. The minimum Gasteiger partial charge on any atom is -0.309 e. The van der Waals surface area contributed by atoms with Crippen LogP contribution in [0, 0.1) is 0 Å². The van der Waals surface area contributed by atoms with Crippen molar-refractivity contribution >= 4 is 64.1 Å². The largest absolute Gasteiger partial charge is 0.309 e. The van der Waals surface area contributed by atoms with Crippen LogP contribution in [-0.2, 0) is 0 Å². The van der Waals surface area contributed by atoms with E-state index in [1.165, 1.54) is 52.8 Å². The molecule has 0 aliphatic carbocycles. The number of thiophene rings is 1. The van der Waals surface area contributed by atoms with E-state index in [2.05, 4.69) is 259 Å². The van der Waals surface area contributed by atoms with Gasteiger partial charge in [0.25, 0.3) is 0 Å². The standard InChI is InChI=1S/C67H42N4S/c1-4-19-43(20-5-1)50-27-12-14-30-55(50)65-68-66(56-31-15-13-28-51(56)44-21-6-2-7-22-44)70-67(69-65)57-38-36-49(42-58(57)48-35-37-54-53-29-16-17-34-62(53)72-63(54)41-48)71-60-33-18-32-52(45-23-8-3-9-24-45)64(60)59-39-46-25-10-11-26-47(46)40-61(59)71/h1-42H. The first kappa shape index (κ1) is 41.7. The summed E-state index contributed by atoms with van der Waals surface area (Å²) in [6.07, 6.45) is 0. The van der Waals surface area contributed by atoms with Gasteiger partial charge >= 0.3 is 0 Å². The highest BCUT2D eigenvalue weighted by atomic mass is 32.1. The maximum atomic E-state index is 5.52. The maximum Gasteiger partial charge on any atom is 0.164 e. The molecule has 0 aliphatic heterocycles. The van der Waals surface area contributed by atoms with Crippen molar-refractivity contribution in [1.82, 2.24) is 19.5 Å². The van der Waals surface area contributed by atoms with Crippen LogP contribution in [-0.4, -0.2) is 19.5 Å². The molecule has 336 valence electrons. The van der Waals surface area contributed by atoms with Crippen LogP contribution in [0.25, 0.3) is 137 Å². The molecular formula is C67H42N4S. The lowest BCUT2D eigenvalue weighted by molar-refractivity contribution is 1.07. The van der Waals surface area contributed by atoms with Crippen molar-refractivity contribution in [3.63, 3.8) is 0 Å². The zero-order valence-electron chi connectivity index (χ0n) is 38.9. The van der Waals surface area contributed by atoms with E-state index >= 15 is 0 Å². The van der Waals surface area contributed by atoms with E-state index in [1.807, 2.05) is 11.3 Å². The molecule has 14 aromatic rings. The third kappa shape index (κ3) is 7.09. The molecule has 0 atom stereocenters. The summed E-state index contributed by atoms with van der Waals surface area (Å²) in [7, 11) is 0. The molecule has 5 heteroatoms. The van der Waals surface area contributed by atoms with Gasteiger partial charge in [-0.1, -0.05) is 206 Å². The minimum atomic E-state index is 0.596. The average Bonchev–Trinajstić information content (AvgIpc) is 4.00. The summed E-state index contributed by atoms with van der Waals surface area (Å²) in [4.78, 5) is 16.4. The number of rotatable bonds is 8. The molecule has 72 heavy (non-hydrogen) atoms. The highest BCUT2D eigenvalue weighted by Gasteiger charge is 2.23. The molecule has 4 nitrogen and oxygen atoms in total. The fourth-order valence-electron chi connectivity index (χ4n) is 10.7. The minimum absolute atomic E-state index is 0.596. The number of fused-ring (bicyclic) bond motifs is 7. The number of hydrogen-bond donors (Lipinski definition) is 0. The van der Waals surface area contributed by atoms with Crippen molar-refractivity contribution in [2.75, 3.05) is 0 Å². The second kappa shape index (κ2) is 17.3. The summed E-state index contributed by atoms with van der Waals surface area (Å²) in [5.74, 6) is 1.81. The molecule has 0 aliphatic rings. The fraction of sp³-hybridized carbons (Fsp3) is 0. The van der Waals surface area contributed by atoms with Crippen LogP contribution in [0.15, 0.2) is 255 Å². The van der Waals surface area contributed by atoms with Gasteiger partial charge in [-0.15, -0.1) is 11.3 Å². The average molecular weight is 935 g/mol. The Balaban J connectivity index is 1.06. The Morgan fingerprint density at radius 3 is 1.42 bits per heavy atom. The van der Waals surface area contributed by atoms with Crippen LogP contribution in [0.4, 0.5) is 0 Å². The van der Waals surface area contributed by atoms with Gasteiger partial charge in [-0.3, -0.25) is 0 Å². The van der Waals surface area contributed by atoms with Gasteiger partial charge in [0.2, 0.25) is 0 Å². The molecule has 0 spiro atoms. The lowest BCUT2D eigenvalue weighted by atomic mass is 9.96. The molecule has 14 rings (SSSR count). The third-order valence-corrected chi connectivity index (χ3v) is 15.2. The van der Waals surface area contributed by atoms with Crippen LogP contribution in [0.5, 0.6) is 0 Å². The molecule has 0 saturated heterocycles. The molecule has 0 radical (unpaired) electrons. The van der Waals surface area contributed by atoms with Crippen LogP contribution in [0.3, 0.4) is 0 Å². The van der Waals surface area contributed by atoms with Gasteiger partial charge in [-0.05, 0) is 104 Å². The van der Waals surface area contributed by atoms with Crippen LogP contribution in [0.2, 0.25) is 0 Å². The van der Waals surface area contributed by atoms with Crippen molar-refractivity contribution in [1.29, 1.82) is 0 Å². The maximum absolute atomic E-state index is 5.52. The molecule has 0 fully saturated rings. The van der Waals surface area contributed by atoms with Crippen molar-refractivity contribution in [2.45, 2.75) is 0 Å². The Bertz CT molecular complexity index is 4280. The summed E-state index contributed by atoms with van der Waals surface area (Å²) < 4.78 is 4.95. The molecule has 0 saturated carbocycles. The predicted molar refractivity (Wildman–Crippen MR) is 303 cm³/mol. The first-order chi connectivity index (χ1) is 35.7. The summed E-state index contributed by atoms with van der Waals surface area (Å²) in [6.45, 7) is 0. The quantitative estimate of drug-likeness (QED) is 0.152. The number of aromatic nitrogens is 4. The molecule has 0 unspecified atom stereocenters. The summed E-state index contributed by atoms with van der Waals surface area (Å²) in [6, 6.07) is 91.2. The first-order valence-electron chi connectivity index (χ1n) is 24.3. The van der Waals surface area contributed by atoms with Gasteiger partial charge in [0.05, 0.1) is 11.0 Å². The smallest absolute Gasteiger partial charge is 0.164 e. The molecule has 3 heterocycles. The summed E-state index contributed by atoms with van der Waals surface area (Å²) in [5, 5.41) is 7.36. The zero-order valence-corrected chi connectivity index (χ0v) is 39.8. The van der Waals surface area contributed by atoms with Gasteiger partial charge in [-0.25, -0.2) is 15.0 Å². The highest BCUT2D eigenvalue weighted by Crippen LogP contribution is 2.44. The number of nitrogens with zero attached hydrogens (tertiary/aromatic N) is 4. The topological polar surface area (TPSA) is 43.6 Å². The van der Waals surface area contributed by atoms with Crippen LogP contribution < -0.4 is 0 Å². The second-order valence-electron chi connectivity index (χ2n) is 18.3. The molecule has 0 amide bonds. The molecule has 0 bridgehead atoms. The van der Waals surface area contributed by atoms with Gasteiger partial charge in [0.1, 0.15) is 0 Å². The van der Waals surface area contributed by atoms with E-state index < -0.39 is 0 Å². The van der Waals surface area contributed by atoms with Gasteiger partial charge < -0.3 is 4.57 Å². The number of benzene rings is 11. The van der Waals surface area contributed by atoms with Crippen molar-refractivity contribution in [2.24, 2.45) is 0 Å². The normalized spacial score (nSPS) is 11.6. The molecule has 11 aromatic carbocycles. The van der Waals surface area contributed by atoms with E-state index in [4.69, 9.17) is 15.0 Å². The van der Waals surface area contributed by atoms with E-state index in [9.17, 15) is 0 Å². The van der Waals surface area contributed by atoms with E-state index in [-0.39, 0.29) is 0 Å². The van der Waals surface area contributed by atoms with Crippen LogP contribution in [0.1, 0.15) is 0 Å². The zero-order chi connectivity index (χ0) is 47.5. The van der Waals surface area contributed by atoms with Crippen molar-refractivity contribution < 1.29 is 0 Å². The highest BCUT2D eigenvalue weighted by molar-refractivity contribution is 7.25. The molecular weight excluding hydrogens is 893 g/mol. The SMILES string of the molecule is c1ccc(-c2ccccc2-c2nc(-c3ccccc3-c3ccccc3)nc(-c3ccc(-n4c5cc6ccccc6cc5c5c(-c6ccccc6)cccc54)cc3-c3ccc4c(c3)sc3ccccc34)n2)cc1. The van der Waals surface area contributed by atoms with E-state index in [1.54, 1.807) is 0 Å². The summed E-state index contributed by atoms with van der Waals surface area (Å²) in [5.41, 5.74) is 14.9. The molecule has 0 N–H and O–H groups in total. The van der Waals surface area contributed by atoms with Crippen LogP contribution >= 0.6 is 11.3 Å². The Morgan fingerprint density at radius 2 is 0.778 bits per heavy atom. The van der Waals surface area contributed by atoms with Crippen molar-refractivity contribution in [3.05, 3.63) is 255 Å². The Hall–Kier alpha value is -9.29. The lowest BCUT2D eigenvalue weighted by Gasteiger charge is -2.17. The number of hydrogen-bond acceptors (Lipinski definition) is 4. The Labute approximate surface area is 420 Å². The Kier molecular flexibility index (Phi) is 10.0. The third-order valence-electron chi connectivity index (χ3n) is 14.1. The molecule has 3 aromatic heterocycles. The predicted octanol–water partition coefficient (Wildman–Crippen LogP) is 18.2. The monoisotopic (exact) mass is 934 g/mol. The summed E-state index contributed by atoms with van der Waals surface area (Å²) >= 11 is 1.83. The van der Waals surface area contributed by atoms with Gasteiger partial charge in [0.15, 0.2) is 17.5 Å². The van der Waals surface area contributed by atoms with E-state index in [0.29, 0.717) is 17.5 Å². The van der Waals surface area contributed by atoms with Crippen molar-refractivity contribution in [3.8, 4) is 84.4 Å². The lowest BCUT2D eigenvalue weighted by Crippen LogP contribution is -2.03.